The zero-order valence-electron chi connectivity index (χ0n) is 24.2. The van der Waals surface area contributed by atoms with Gasteiger partial charge < -0.3 is 4.42 Å². The molecule has 0 aliphatic heterocycles. The maximum atomic E-state index is 6.19. The maximum Gasteiger partial charge on any atom is 0.182 e. The molecule has 6 aromatic rings. The number of aromatic nitrogens is 2. The summed E-state index contributed by atoms with van der Waals surface area (Å²) in [7, 11) is 0. The van der Waals surface area contributed by atoms with Crippen molar-refractivity contribution in [2.24, 2.45) is 17.8 Å². The van der Waals surface area contributed by atoms with Crippen molar-refractivity contribution in [1.29, 1.82) is 0 Å². The largest absolute Gasteiger partial charge is 0.443 e. The first-order chi connectivity index (χ1) is 21.2. The number of fused-ring (bicyclic) bond motifs is 1. The Kier molecular flexibility index (Phi) is 5.69. The third-order valence-corrected chi connectivity index (χ3v) is 10.6. The molecule has 0 spiro atoms. The Bertz CT molecular complexity index is 1850. The molecule has 0 unspecified atom stereocenters. The molecule has 0 radical (unpaired) electrons. The van der Waals surface area contributed by atoms with Crippen molar-refractivity contribution < 1.29 is 4.42 Å². The predicted octanol–water partition coefficient (Wildman–Crippen LogP) is 10.4. The molecule has 4 aromatic carbocycles. The van der Waals surface area contributed by atoms with Gasteiger partial charge in [0.15, 0.2) is 12.0 Å². The molecule has 10 rings (SSSR count). The van der Waals surface area contributed by atoms with Crippen LogP contribution in [0.4, 0.5) is 0 Å². The van der Waals surface area contributed by atoms with Gasteiger partial charge in [0.25, 0.3) is 0 Å². The molecular formula is C40H34N2O. The van der Waals surface area contributed by atoms with Crippen molar-refractivity contribution >= 4 is 11.1 Å². The van der Waals surface area contributed by atoms with Crippen molar-refractivity contribution in [3.8, 4) is 44.8 Å². The first kappa shape index (κ1) is 25.0. The van der Waals surface area contributed by atoms with E-state index in [1.807, 2.05) is 12.1 Å². The van der Waals surface area contributed by atoms with Gasteiger partial charge in [0.1, 0.15) is 5.52 Å². The van der Waals surface area contributed by atoms with Crippen LogP contribution >= 0.6 is 0 Å². The third-order valence-electron chi connectivity index (χ3n) is 10.6. The lowest BCUT2D eigenvalue weighted by molar-refractivity contribution is -0.00487. The van der Waals surface area contributed by atoms with Gasteiger partial charge in [0.05, 0.1) is 11.4 Å². The molecular weight excluding hydrogens is 524 g/mol. The summed E-state index contributed by atoms with van der Waals surface area (Å²) in [6.07, 6.45) is 9.96. The summed E-state index contributed by atoms with van der Waals surface area (Å²) >= 11 is 0. The van der Waals surface area contributed by atoms with E-state index in [0.29, 0.717) is 0 Å². The third kappa shape index (κ3) is 4.25. The second-order valence-electron chi connectivity index (χ2n) is 13.3. The second-order valence-corrected chi connectivity index (χ2v) is 13.3. The number of nitrogens with zero attached hydrogens (tertiary/aromatic N) is 2. The smallest absolute Gasteiger partial charge is 0.182 e. The number of hydrogen-bond donors (Lipinski definition) is 0. The second kappa shape index (κ2) is 9.77. The van der Waals surface area contributed by atoms with Crippen LogP contribution in [0.5, 0.6) is 0 Å². The molecule has 4 bridgehead atoms. The van der Waals surface area contributed by atoms with E-state index in [1.54, 1.807) is 6.39 Å². The van der Waals surface area contributed by atoms with Crippen LogP contribution in [0, 0.1) is 17.8 Å². The lowest BCUT2D eigenvalue weighted by Crippen LogP contribution is -2.48. The van der Waals surface area contributed by atoms with Crippen LogP contribution in [-0.2, 0) is 5.41 Å². The first-order valence-electron chi connectivity index (χ1n) is 15.8. The summed E-state index contributed by atoms with van der Waals surface area (Å²) in [5.74, 6) is 2.69. The number of hydrogen-bond acceptors (Lipinski definition) is 3. The molecule has 0 saturated heterocycles. The van der Waals surface area contributed by atoms with Crippen LogP contribution in [0.1, 0.15) is 44.1 Å². The van der Waals surface area contributed by atoms with Crippen molar-refractivity contribution in [3.05, 3.63) is 121 Å². The number of oxazole rings is 1. The quantitative estimate of drug-likeness (QED) is 0.211. The van der Waals surface area contributed by atoms with Gasteiger partial charge in [0.2, 0.25) is 0 Å². The Labute approximate surface area is 252 Å². The summed E-state index contributed by atoms with van der Waals surface area (Å²) in [5.41, 5.74) is 12.5. The van der Waals surface area contributed by atoms with Crippen LogP contribution in [-0.4, -0.2) is 9.97 Å². The number of pyridine rings is 1. The van der Waals surface area contributed by atoms with E-state index in [-0.39, 0.29) is 5.41 Å². The Morgan fingerprint density at radius 1 is 0.558 bits per heavy atom. The summed E-state index contributed by atoms with van der Waals surface area (Å²) in [6, 6.07) is 38.9. The van der Waals surface area contributed by atoms with E-state index in [1.165, 1.54) is 55.2 Å². The molecule has 43 heavy (non-hydrogen) atoms. The fraction of sp³-hybridized carbons (Fsp3) is 0.250. The molecule has 3 heteroatoms. The van der Waals surface area contributed by atoms with Crippen molar-refractivity contribution in [1.82, 2.24) is 9.97 Å². The highest BCUT2D eigenvalue weighted by atomic mass is 16.3. The van der Waals surface area contributed by atoms with E-state index in [2.05, 4.69) is 97.1 Å². The van der Waals surface area contributed by atoms with Crippen molar-refractivity contribution in [2.75, 3.05) is 0 Å². The molecule has 210 valence electrons. The standard InChI is InChI=1S/C40H34N2O/c1-3-7-31(8-4-1)36-20-33(21-37(42-36)32-9-5-2-6-10-32)29-11-13-30(14-12-29)34-15-16-35(39-38(34)41-25-43-39)40-22-26-17-27(23-40)19-28(18-26)24-40/h1-16,20-21,25-28H,17-19,22-24H2. The highest BCUT2D eigenvalue weighted by Gasteiger charge is 2.52. The van der Waals surface area contributed by atoms with Crippen LogP contribution < -0.4 is 0 Å². The minimum Gasteiger partial charge on any atom is -0.443 e. The van der Waals surface area contributed by atoms with E-state index in [4.69, 9.17) is 14.4 Å². The summed E-state index contributed by atoms with van der Waals surface area (Å²) in [5, 5.41) is 0. The van der Waals surface area contributed by atoms with Gasteiger partial charge in [0, 0.05) is 22.3 Å². The Balaban J connectivity index is 1.09. The Hall–Kier alpha value is -4.50. The lowest BCUT2D eigenvalue weighted by Gasteiger charge is -2.57. The predicted molar refractivity (Wildman–Crippen MR) is 173 cm³/mol. The number of benzene rings is 4. The van der Waals surface area contributed by atoms with Gasteiger partial charge in [-0.15, -0.1) is 0 Å². The zero-order chi connectivity index (χ0) is 28.4. The van der Waals surface area contributed by atoms with Crippen molar-refractivity contribution in [3.63, 3.8) is 0 Å². The molecule has 4 aliphatic carbocycles. The SMILES string of the molecule is c1ccc(-c2cc(-c3ccc(-c4ccc(C56CC7CC(CC(C7)C5)C6)c5ocnc45)cc3)cc(-c3ccccc3)n2)cc1. The normalized spacial score (nSPS) is 24.0. The van der Waals surface area contributed by atoms with Crippen LogP contribution in [0.3, 0.4) is 0 Å². The van der Waals surface area contributed by atoms with Crippen molar-refractivity contribution in [2.45, 2.75) is 43.9 Å². The monoisotopic (exact) mass is 558 g/mol. The Morgan fingerprint density at radius 2 is 1.12 bits per heavy atom. The van der Waals surface area contributed by atoms with E-state index in [0.717, 1.165) is 62.5 Å². The lowest BCUT2D eigenvalue weighted by atomic mass is 9.48. The highest BCUT2D eigenvalue weighted by molar-refractivity contribution is 5.93. The molecule has 0 N–H and O–H groups in total. The minimum atomic E-state index is 0.281. The van der Waals surface area contributed by atoms with Crippen LogP contribution in [0.2, 0.25) is 0 Å². The average Bonchev–Trinajstić information content (AvgIpc) is 3.55. The minimum absolute atomic E-state index is 0.281. The van der Waals surface area contributed by atoms with E-state index in [9.17, 15) is 0 Å². The summed E-state index contributed by atoms with van der Waals surface area (Å²) in [6.45, 7) is 0. The average molecular weight is 559 g/mol. The molecule has 2 heterocycles. The molecule has 4 fully saturated rings. The van der Waals surface area contributed by atoms with Gasteiger partial charge >= 0.3 is 0 Å². The molecule has 4 saturated carbocycles. The maximum absolute atomic E-state index is 6.19. The van der Waals surface area contributed by atoms with Crippen LogP contribution in [0.25, 0.3) is 55.9 Å². The van der Waals surface area contributed by atoms with Gasteiger partial charge in [-0.3, -0.25) is 0 Å². The van der Waals surface area contributed by atoms with Crippen LogP contribution in [0.15, 0.2) is 120 Å². The topological polar surface area (TPSA) is 38.9 Å². The first-order valence-corrected chi connectivity index (χ1v) is 15.8. The molecule has 0 atom stereocenters. The van der Waals surface area contributed by atoms with Gasteiger partial charge in [-0.1, -0.05) is 97.1 Å². The van der Waals surface area contributed by atoms with Gasteiger partial charge in [-0.25, -0.2) is 9.97 Å². The van der Waals surface area contributed by atoms with Gasteiger partial charge in [-0.2, -0.15) is 0 Å². The van der Waals surface area contributed by atoms with Gasteiger partial charge in [-0.05, 0) is 90.5 Å². The van der Waals surface area contributed by atoms with E-state index >= 15 is 0 Å². The summed E-state index contributed by atoms with van der Waals surface area (Å²) < 4.78 is 6.19. The molecule has 0 amide bonds. The zero-order valence-corrected chi connectivity index (χ0v) is 24.2. The molecule has 4 aliphatic rings. The fourth-order valence-electron chi connectivity index (χ4n) is 9.09. The van der Waals surface area contributed by atoms with E-state index < -0.39 is 0 Å². The summed E-state index contributed by atoms with van der Waals surface area (Å²) in [4.78, 5) is 9.83. The molecule has 3 nitrogen and oxygen atoms in total. The fourth-order valence-corrected chi connectivity index (χ4v) is 9.09. The molecule has 2 aromatic heterocycles. The Morgan fingerprint density at radius 3 is 1.70 bits per heavy atom. The number of rotatable bonds is 5. The highest BCUT2D eigenvalue weighted by Crippen LogP contribution is 2.61.